The number of fused-ring (bicyclic) bond motifs is 4. The van der Waals surface area contributed by atoms with E-state index in [1.165, 1.54) is 17.2 Å². The van der Waals surface area contributed by atoms with Gasteiger partial charge in [0.2, 0.25) is 5.95 Å². The molecule has 0 spiro atoms. The molecule has 0 saturated carbocycles. The number of nitrogens with one attached hydrogen (secondary N) is 1. The molecule has 172 valence electrons. The van der Waals surface area contributed by atoms with Gasteiger partial charge in [0, 0.05) is 32.4 Å². The fourth-order valence-corrected chi connectivity index (χ4v) is 4.51. The molecule has 5 rings (SSSR count). The molecule has 0 bridgehead atoms. The number of alkyl halides is 3. The van der Waals surface area contributed by atoms with Crippen molar-refractivity contribution in [3.8, 4) is 0 Å². The lowest BCUT2D eigenvalue weighted by Crippen LogP contribution is -2.40. The molecule has 1 N–H and O–H groups in total. The van der Waals surface area contributed by atoms with Gasteiger partial charge in [-0.05, 0) is 25.0 Å². The highest BCUT2D eigenvalue weighted by molar-refractivity contribution is 6.13. The Hall–Kier alpha value is -3.70. The van der Waals surface area contributed by atoms with E-state index in [2.05, 4.69) is 25.2 Å². The van der Waals surface area contributed by atoms with Crippen molar-refractivity contribution in [3.05, 3.63) is 46.6 Å². The Bertz CT molecular complexity index is 1310. The zero-order valence-corrected chi connectivity index (χ0v) is 17.6. The van der Waals surface area contributed by atoms with Crippen LogP contribution in [-0.4, -0.2) is 57.8 Å². The zero-order chi connectivity index (χ0) is 23.3. The van der Waals surface area contributed by atoms with Gasteiger partial charge in [-0.3, -0.25) is 14.2 Å². The minimum atomic E-state index is -4.56. The lowest BCUT2D eigenvalue weighted by Gasteiger charge is -2.27. The van der Waals surface area contributed by atoms with E-state index < -0.39 is 18.3 Å². The highest BCUT2D eigenvalue weighted by atomic mass is 19.4. The first-order chi connectivity index (χ1) is 15.8. The number of para-hydroxylation sites is 1. The summed E-state index contributed by atoms with van der Waals surface area (Å²) in [4.78, 5) is 42.8. The zero-order valence-electron chi connectivity index (χ0n) is 17.6. The number of aromatic nitrogens is 4. The fraction of sp³-hybridized carbons (Fsp3) is 0.381. The molecule has 0 radical (unpaired) electrons. The van der Waals surface area contributed by atoms with Gasteiger partial charge in [0.1, 0.15) is 23.4 Å². The van der Waals surface area contributed by atoms with E-state index in [1.54, 1.807) is 19.2 Å². The number of benzene rings is 1. The lowest BCUT2D eigenvalue weighted by molar-refractivity contribution is -0.141. The number of hydrogen-bond acceptors (Lipinski definition) is 7. The third kappa shape index (κ3) is 3.64. The van der Waals surface area contributed by atoms with Crippen LogP contribution in [0.5, 0.6) is 0 Å². The van der Waals surface area contributed by atoms with E-state index in [0.29, 0.717) is 34.1 Å². The minimum Gasteiger partial charge on any atom is -0.357 e. The lowest BCUT2D eigenvalue weighted by atomic mass is 10.1. The predicted molar refractivity (Wildman–Crippen MR) is 116 cm³/mol. The number of carbonyl (C=O) groups is 1. The molecular weight excluding hydrogens is 439 g/mol. The molecule has 1 atom stereocenters. The molecule has 3 aromatic rings. The van der Waals surface area contributed by atoms with Gasteiger partial charge in [-0.2, -0.15) is 18.2 Å². The first-order valence-electron chi connectivity index (χ1n) is 10.4. The van der Waals surface area contributed by atoms with Crippen LogP contribution < -0.4 is 20.7 Å². The van der Waals surface area contributed by atoms with Crippen LogP contribution >= 0.6 is 0 Å². The standard InChI is InChI=1S/C21H20F3N7O2/c1-25-20-26-8-14-17(28-20)30-7-3-4-12(30)9-31(19(14)33)15-6-2-5-13-16(15)27-11-29(18(13)32)10-21(22,23)24/h2,5-6,8,11-12H,3-4,7,9-10H2,1H3,(H,25,26,28)/t12-/m0/s1. The monoisotopic (exact) mass is 459 g/mol. The summed E-state index contributed by atoms with van der Waals surface area (Å²) in [6, 6.07) is 4.61. The summed E-state index contributed by atoms with van der Waals surface area (Å²) >= 11 is 0. The Balaban J connectivity index is 1.64. The van der Waals surface area contributed by atoms with Gasteiger partial charge < -0.3 is 15.1 Å². The van der Waals surface area contributed by atoms with Gasteiger partial charge in [-0.1, -0.05) is 6.07 Å². The van der Waals surface area contributed by atoms with E-state index in [-0.39, 0.29) is 22.9 Å². The predicted octanol–water partition coefficient (Wildman–Crippen LogP) is 2.42. The number of carbonyl (C=O) groups excluding carboxylic acids is 1. The van der Waals surface area contributed by atoms with E-state index in [1.807, 2.05) is 0 Å². The molecule has 4 heterocycles. The number of nitrogens with zero attached hydrogens (tertiary/aromatic N) is 6. The molecule has 1 aromatic carbocycles. The Morgan fingerprint density at radius 3 is 2.79 bits per heavy atom. The molecule has 1 saturated heterocycles. The summed E-state index contributed by atoms with van der Waals surface area (Å²) in [6.07, 6.45) is -0.430. The average Bonchev–Trinajstić information content (AvgIpc) is 3.21. The van der Waals surface area contributed by atoms with Crippen LogP contribution in [0.1, 0.15) is 23.2 Å². The molecule has 1 fully saturated rings. The Morgan fingerprint density at radius 1 is 1.21 bits per heavy atom. The second kappa shape index (κ2) is 7.71. The molecule has 0 unspecified atom stereocenters. The molecule has 12 heteroatoms. The largest absolute Gasteiger partial charge is 0.406 e. The van der Waals surface area contributed by atoms with Gasteiger partial charge >= 0.3 is 6.18 Å². The van der Waals surface area contributed by atoms with E-state index in [9.17, 15) is 22.8 Å². The highest BCUT2D eigenvalue weighted by Gasteiger charge is 2.38. The maximum absolute atomic E-state index is 13.6. The summed E-state index contributed by atoms with van der Waals surface area (Å²) in [5.74, 6) is 0.596. The summed E-state index contributed by atoms with van der Waals surface area (Å²) in [6.45, 7) is -0.359. The normalized spacial score (nSPS) is 18.3. The highest BCUT2D eigenvalue weighted by Crippen LogP contribution is 2.35. The van der Waals surface area contributed by atoms with Crippen LogP contribution in [0.25, 0.3) is 10.9 Å². The summed E-state index contributed by atoms with van der Waals surface area (Å²) in [7, 11) is 1.70. The summed E-state index contributed by atoms with van der Waals surface area (Å²) in [5, 5.41) is 2.90. The quantitative estimate of drug-likeness (QED) is 0.643. The summed E-state index contributed by atoms with van der Waals surface area (Å²) < 4.78 is 39.1. The average molecular weight is 459 g/mol. The summed E-state index contributed by atoms with van der Waals surface area (Å²) in [5.41, 5.74) is 0.0494. The van der Waals surface area contributed by atoms with Crippen LogP contribution in [0.4, 0.5) is 30.6 Å². The molecule has 2 aliphatic rings. The van der Waals surface area contributed by atoms with Crippen molar-refractivity contribution >= 4 is 34.3 Å². The molecule has 9 nitrogen and oxygen atoms in total. The molecule has 2 aromatic heterocycles. The third-order valence-electron chi connectivity index (χ3n) is 5.98. The van der Waals surface area contributed by atoms with Crippen molar-refractivity contribution in [2.45, 2.75) is 31.6 Å². The van der Waals surface area contributed by atoms with Gasteiger partial charge in [-0.25, -0.2) is 9.97 Å². The topological polar surface area (TPSA) is 96.2 Å². The minimum absolute atomic E-state index is 0.00402. The fourth-order valence-electron chi connectivity index (χ4n) is 4.51. The number of hydrogen-bond donors (Lipinski definition) is 1. The maximum Gasteiger partial charge on any atom is 0.406 e. The van der Waals surface area contributed by atoms with Gasteiger partial charge in [0.25, 0.3) is 11.5 Å². The number of anilines is 3. The second-order valence-corrected chi connectivity index (χ2v) is 8.05. The van der Waals surface area contributed by atoms with Crippen molar-refractivity contribution in [2.24, 2.45) is 0 Å². The number of amides is 1. The second-order valence-electron chi connectivity index (χ2n) is 8.05. The maximum atomic E-state index is 13.6. The van der Waals surface area contributed by atoms with E-state index in [4.69, 9.17) is 0 Å². The first-order valence-corrected chi connectivity index (χ1v) is 10.4. The Morgan fingerprint density at radius 2 is 2.03 bits per heavy atom. The van der Waals surface area contributed by atoms with Gasteiger partial charge in [-0.15, -0.1) is 0 Å². The molecular formula is C21H20F3N7O2. The van der Waals surface area contributed by atoms with Crippen molar-refractivity contribution in [1.82, 2.24) is 19.5 Å². The van der Waals surface area contributed by atoms with Gasteiger partial charge in [0.15, 0.2) is 0 Å². The SMILES string of the molecule is CNc1ncc2c(n1)N1CCC[C@H]1CN(c1cccc3c(=O)n(CC(F)(F)F)cnc13)C2=O. The van der Waals surface area contributed by atoms with Crippen LogP contribution in [0.3, 0.4) is 0 Å². The third-order valence-corrected chi connectivity index (χ3v) is 5.98. The molecule has 0 aliphatic carbocycles. The molecule has 2 aliphatic heterocycles. The van der Waals surface area contributed by atoms with Crippen molar-refractivity contribution in [3.63, 3.8) is 0 Å². The Kier molecular flexibility index (Phi) is 4.94. The number of halogens is 3. The van der Waals surface area contributed by atoms with Crippen LogP contribution in [0.2, 0.25) is 0 Å². The smallest absolute Gasteiger partial charge is 0.357 e. The van der Waals surface area contributed by atoms with Crippen molar-refractivity contribution < 1.29 is 18.0 Å². The van der Waals surface area contributed by atoms with E-state index in [0.717, 1.165) is 25.7 Å². The van der Waals surface area contributed by atoms with Gasteiger partial charge in [0.05, 0.1) is 17.4 Å². The van der Waals surface area contributed by atoms with Crippen LogP contribution in [-0.2, 0) is 6.54 Å². The Labute approximate surface area is 185 Å². The van der Waals surface area contributed by atoms with Crippen LogP contribution in [0.15, 0.2) is 35.5 Å². The molecule has 33 heavy (non-hydrogen) atoms. The first kappa shape index (κ1) is 21.2. The van der Waals surface area contributed by atoms with Crippen LogP contribution in [0, 0.1) is 0 Å². The van der Waals surface area contributed by atoms with Crippen molar-refractivity contribution in [2.75, 3.05) is 35.3 Å². The number of rotatable bonds is 3. The molecule has 1 amide bonds. The van der Waals surface area contributed by atoms with E-state index >= 15 is 0 Å². The van der Waals surface area contributed by atoms with Crippen molar-refractivity contribution in [1.29, 1.82) is 0 Å².